The number of nitrogens with zero attached hydrogens (tertiary/aromatic N) is 2. The van der Waals surface area contributed by atoms with Crippen molar-refractivity contribution in [3.8, 4) is 5.75 Å². The fraction of sp³-hybridized carbons (Fsp3) is 0.429. The molecule has 0 amide bonds. The van der Waals surface area contributed by atoms with Crippen LogP contribution in [0.3, 0.4) is 0 Å². The summed E-state index contributed by atoms with van der Waals surface area (Å²) in [5.74, 6) is 0.707. The Labute approximate surface area is 177 Å². The van der Waals surface area contributed by atoms with Gasteiger partial charge in [-0.05, 0) is 45.0 Å². The zero-order chi connectivity index (χ0) is 21.7. The van der Waals surface area contributed by atoms with E-state index < -0.39 is 14.9 Å². The minimum absolute atomic E-state index is 0.114. The van der Waals surface area contributed by atoms with Gasteiger partial charge in [-0.2, -0.15) is 0 Å². The number of sulfonamides is 1. The average molecular weight is 434 g/mol. The van der Waals surface area contributed by atoms with Gasteiger partial charge in [-0.1, -0.05) is 30.7 Å². The van der Waals surface area contributed by atoms with Gasteiger partial charge < -0.3 is 4.74 Å². The SMILES string of the molecule is COc1ccccc1C(CNS(=O)(=O)c1ccc(C)c([N+](=O)[O-])c1)N1CCCCC1. The number of para-hydroxylation sites is 1. The van der Waals surface area contributed by atoms with Crippen LogP contribution in [0.4, 0.5) is 5.69 Å². The fourth-order valence-electron chi connectivity index (χ4n) is 3.83. The van der Waals surface area contributed by atoms with Crippen molar-refractivity contribution >= 4 is 15.7 Å². The maximum absolute atomic E-state index is 12.9. The summed E-state index contributed by atoms with van der Waals surface area (Å²) in [4.78, 5) is 12.8. The summed E-state index contributed by atoms with van der Waals surface area (Å²) in [5, 5.41) is 11.2. The molecule has 1 saturated heterocycles. The van der Waals surface area contributed by atoms with Crippen LogP contribution < -0.4 is 9.46 Å². The summed E-state index contributed by atoms with van der Waals surface area (Å²) >= 11 is 0. The predicted octanol–water partition coefficient (Wildman–Crippen LogP) is 3.42. The lowest BCUT2D eigenvalue weighted by molar-refractivity contribution is -0.385. The van der Waals surface area contributed by atoms with Gasteiger partial charge in [0.1, 0.15) is 5.75 Å². The van der Waals surface area contributed by atoms with Crippen LogP contribution in [0, 0.1) is 17.0 Å². The molecule has 1 N–H and O–H groups in total. The lowest BCUT2D eigenvalue weighted by atomic mass is 10.0. The Morgan fingerprint density at radius 1 is 1.17 bits per heavy atom. The second-order valence-electron chi connectivity index (χ2n) is 7.41. The summed E-state index contributed by atoms with van der Waals surface area (Å²) in [5.41, 5.74) is 1.12. The highest BCUT2D eigenvalue weighted by Crippen LogP contribution is 2.31. The van der Waals surface area contributed by atoms with E-state index in [-0.39, 0.29) is 23.2 Å². The highest BCUT2D eigenvalue weighted by atomic mass is 32.2. The summed E-state index contributed by atoms with van der Waals surface area (Å²) in [7, 11) is -2.32. The topological polar surface area (TPSA) is 102 Å². The van der Waals surface area contributed by atoms with Crippen LogP contribution in [0.1, 0.15) is 36.4 Å². The van der Waals surface area contributed by atoms with Crippen molar-refractivity contribution in [2.75, 3.05) is 26.7 Å². The van der Waals surface area contributed by atoms with E-state index in [0.717, 1.165) is 44.0 Å². The average Bonchev–Trinajstić information content (AvgIpc) is 2.75. The predicted molar refractivity (Wildman–Crippen MR) is 114 cm³/mol. The number of nitro groups is 1. The quantitative estimate of drug-likeness (QED) is 0.506. The Balaban J connectivity index is 1.88. The number of benzene rings is 2. The summed E-state index contributed by atoms with van der Waals surface area (Å²) in [6.45, 7) is 3.47. The molecule has 1 aliphatic heterocycles. The number of nitro benzene ring substituents is 1. The molecule has 0 aromatic heterocycles. The molecule has 0 aliphatic carbocycles. The number of nitrogens with one attached hydrogen (secondary N) is 1. The van der Waals surface area contributed by atoms with Crippen LogP contribution in [0.2, 0.25) is 0 Å². The second kappa shape index (κ2) is 9.55. The van der Waals surface area contributed by atoms with Crippen LogP contribution in [0.5, 0.6) is 5.75 Å². The molecule has 0 saturated carbocycles. The number of rotatable bonds is 8. The van der Waals surface area contributed by atoms with Gasteiger partial charge >= 0.3 is 0 Å². The molecule has 0 bridgehead atoms. The molecule has 3 rings (SSSR count). The first kappa shape index (κ1) is 22.2. The van der Waals surface area contributed by atoms with Crippen molar-refractivity contribution in [3.63, 3.8) is 0 Å². The molecular weight excluding hydrogens is 406 g/mol. The first-order chi connectivity index (χ1) is 14.3. The van der Waals surface area contributed by atoms with Gasteiger partial charge in [0, 0.05) is 23.7 Å². The smallest absolute Gasteiger partial charge is 0.273 e. The van der Waals surface area contributed by atoms with E-state index in [1.165, 1.54) is 12.1 Å². The zero-order valence-electron chi connectivity index (χ0n) is 17.2. The Morgan fingerprint density at radius 2 is 1.87 bits per heavy atom. The Bertz CT molecular complexity index is 1000. The van der Waals surface area contributed by atoms with E-state index in [9.17, 15) is 18.5 Å². The van der Waals surface area contributed by atoms with Gasteiger partial charge in [-0.15, -0.1) is 0 Å². The second-order valence-corrected chi connectivity index (χ2v) is 9.18. The van der Waals surface area contributed by atoms with Crippen LogP contribution in [0.15, 0.2) is 47.4 Å². The number of ether oxygens (including phenoxy) is 1. The third kappa shape index (κ3) is 4.97. The molecule has 2 aromatic carbocycles. The highest BCUT2D eigenvalue weighted by molar-refractivity contribution is 7.89. The molecule has 9 heteroatoms. The van der Waals surface area contributed by atoms with Crippen LogP contribution in [-0.4, -0.2) is 45.0 Å². The molecule has 0 spiro atoms. The van der Waals surface area contributed by atoms with Gasteiger partial charge in [0.2, 0.25) is 10.0 Å². The van der Waals surface area contributed by atoms with Crippen LogP contribution in [0.25, 0.3) is 0 Å². The number of hydrogen-bond acceptors (Lipinski definition) is 6. The molecule has 1 fully saturated rings. The molecular formula is C21H27N3O5S. The van der Waals surface area contributed by atoms with Crippen molar-refractivity contribution in [1.82, 2.24) is 9.62 Å². The number of piperidine rings is 1. The lowest BCUT2D eigenvalue weighted by Crippen LogP contribution is -2.40. The molecule has 1 aliphatic rings. The van der Waals surface area contributed by atoms with Gasteiger partial charge in [0.15, 0.2) is 0 Å². The molecule has 0 radical (unpaired) electrons. The molecule has 1 unspecified atom stereocenters. The standard InChI is InChI=1S/C21H27N3O5S/c1-16-10-11-17(14-19(16)24(25)26)30(27,28)22-15-20(23-12-6-3-7-13-23)18-8-4-5-9-21(18)29-2/h4-5,8-11,14,20,22H,3,6-7,12-13,15H2,1-2H3. The van der Waals surface area contributed by atoms with Gasteiger partial charge in [-0.3, -0.25) is 15.0 Å². The van der Waals surface area contributed by atoms with Gasteiger partial charge in [0.25, 0.3) is 5.69 Å². The third-order valence-corrected chi connectivity index (χ3v) is 6.90. The number of aryl methyl sites for hydroxylation is 1. The summed E-state index contributed by atoms with van der Waals surface area (Å²) in [6.07, 6.45) is 3.28. The van der Waals surface area contributed by atoms with Crippen molar-refractivity contribution in [2.24, 2.45) is 0 Å². The Morgan fingerprint density at radius 3 is 2.53 bits per heavy atom. The van der Waals surface area contributed by atoms with Gasteiger partial charge in [-0.25, -0.2) is 13.1 Å². The first-order valence-electron chi connectivity index (χ1n) is 9.95. The summed E-state index contributed by atoms with van der Waals surface area (Å²) in [6, 6.07) is 11.4. The number of methoxy groups -OCH3 is 1. The number of hydrogen-bond donors (Lipinski definition) is 1. The number of likely N-dealkylation sites (tertiary alicyclic amines) is 1. The molecule has 30 heavy (non-hydrogen) atoms. The minimum atomic E-state index is -3.92. The van der Waals surface area contributed by atoms with Crippen molar-refractivity contribution < 1.29 is 18.1 Å². The molecule has 1 heterocycles. The summed E-state index contributed by atoms with van der Waals surface area (Å²) < 4.78 is 34.0. The van der Waals surface area contributed by atoms with E-state index in [4.69, 9.17) is 4.74 Å². The Kier molecular flexibility index (Phi) is 7.06. The highest BCUT2D eigenvalue weighted by Gasteiger charge is 2.27. The van der Waals surface area contributed by atoms with Crippen molar-refractivity contribution in [1.29, 1.82) is 0 Å². The first-order valence-corrected chi connectivity index (χ1v) is 11.4. The zero-order valence-corrected chi connectivity index (χ0v) is 18.0. The van der Waals surface area contributed by atoms with E-state index in [2.05, 4.69) is 9.62 Å². The fourth-order valence-corrected chi connectivity index (χ4v) is 4.89. The van der Waals surface area contributed by atoms with E-state index >= 15 is 0 Å². The van der Waals surface area contributed by atoms with E-state index in [0.29, 0.717) is 11.3 Å². The van der Waals surface area contributed by atoms with E-state index in [1.807, 2.05) is 24.3 Å². The van der Waals surface area contributed by atoms with Crippen LogP contribution in [-0.2, 0) is 10.0 Å². The van der Waals surface area contributed by atoms with E-state index in [1.54, 1.807) is 14.0 Å². The lowest BCUT2D eigenvalue weighted by Gasteiger charge is -2.35. The molecule has 1 atom stereocenters. The monoisotopic (exact) mass is 433 g/mol. The largest absolute Gasteiger partial charge is 0.496 e. The van der Waals surface area contributed by atoms with Crippen molar-refractivity contribution in [2.45, 2.75) is 37.1 Å². The van der Waals surface area contributed by atoms with Gasteiger partial charge in [0.05, 0.1) is 23.0 Å². The maximum Gasteiger partial charge on any atom is 0.273 e. The van der Waals surface area contributed by atoms with Crippen molar-refractivity contribution in [3.05, 3.63) is 63.7 Å². The van der Waals surface area contributed by atoms with Crippen LogP contribution >= 0.6 is 0 Å². The third-order valence-electron chi connectivity index (χ3n) is 5.48. The molecule has 8 nitrogen and oxygen atoms in total. The molecule has 2 aromatic rings. The minimum Gasteiger partial charge on any atom is -0.496 e. The normalized spacial score (nSPS) is 16.2. The molecule has 162 valence electrons. The Hall–Kier alpha value is -2.49. The maximum atomic E-state index is 12.9.